The first-order chi connectivity index (χ1) is 7.63. The Hall–Kier alpha value is -1.61. The van der Waals surface area contributed by atoms with Crippen LogP contribution in [-0.2, 0) is 9.53 Å². The van der Waals surface area contributed by atoms with E-state index in [2.05, 4.69) is 0 Å². The molecule has 1 aromatic rings. The molecular weight excluding hydrogens is 202 g/mol. The molecule has 0 spiro atoms. The van der Waals surface area contributed by atoms with Crippen molar-refractivity contribution in [3.63, 3.8) is 0 Å². The molecule has 1 rings (SSSR count). The molecule has 0 N–H and O–H groups in total. The fourth-order valence-corrected chi connectivity index (χ4v) is 1.39. The van der Waals surface area contributed by atoms with E-state index in [4.69, 9.17) is 4.74 Å². The van der Waals surface area contributed by atoms with Gasteiger partial charge in [0.2, 0.25) is 0 Å². The number of esters is 1. The Bertz CT molecular complexity index is 369. The van der Waals surface area contributed by atoms with E-state index in [1.807, 2.05) is 55.4 Å². The summed E-state index contributed by atoms with van der Waals surface area (Å²) in [5.74, 6) is -0.280. The Morgan fingerprint density at radius 3 is 2.44 bits per heavy atom. The van der Waals surface area contributed by atoms with Gasteiger partial charge >= 0.3 is 5.97 Å². The van der Waals surface area contributed by atoms with Crippen LogP contribution in [0.25, 0.3) is 6.08 Å². The Morgan fingerprint density at radius 2 is 1.94 bits per heavy atom. The second kappa shape index (κ2) is 6.08. The molecule has 3 heteroatoms. The van der Waals surface area contributed by atoms with Gasteiger partial charge in [-0.15, -0.1) is 0 Å². The van der Waals surface area contributed by atoms with Crippen molar-refractivity contribution in [3.8, 4) is 0 Å². The van der Waals surface area contributed by atoms with Gasteiger partial charge in [-0.3, -0.25) is 0 Å². The van der Waals surface area contributed by atoms with Crippen LogP contribution in [0.5, 0.6) is 0 Å². The average Bonchev–Trinajstić information content (AvgIpc) is 2.28. The maximum atomic E-state index is 11.5. The molecule has 0 aliphatic rings. The first-order valence-electron chi connectivity index (χ1n) is 5.12. The maximum absolute atomic E-state index is 11.5. The molecule has 0 aliphatic carbocycles. The molecule has 0 saturated carbocycles. The van der Waals surface area contributed by atoms with Gasteiger partial charge < -0.3 is 9.64 Å². The highest BCUT2D eigenvalue weighted by atomic mass is 16.5. The summed E-state index contributed by atoms with van der Waals surface area (Å²) in [6.07, 6.45) is 1.85. The van der Waals surface area contributed by atoms with Gasteiger partial charge in [0.25, 0.3) is 0 Å². The standard InChI is InChI=1S/C13H17NO2/c1-14(2)10-12(13(15)16-3)9-11-7-5-4-6-8-11/h4-9H,10H2,1-3H3/b12-9+. The Labute approximate surface area is 96.3 Å². The number of methoxy groups -OCH3 is 1. The molecule has 3 nitrogen and oxygen atoms in total. The number of likely N-dealkylation sites (N-methyl/N-ethyl adjacent to an activating group) is 1. The summed E-state index contributed by atoms with van der Waals surface area (Å²) < 4.78 is 4.75. The monoisotopic (exact) mass is 219 g/mol. The van der Waals surface area contributed by atoms with Gasteiger partial charge in [-0.05, 0) is 25.7 Å². The van der Waals surface area contributed by atoms with Crippen LogP contribution in [-0.4, -0.2) is 38.6 Å². The van der Waals surface area contributed by atoms with Crippen molar-refractivity contribution in [1.82, 2.24) is 4.90 Å². The van der Waals surface area contributed by atoms with Crippen molar-refractivity contribution in [1.29, 1.82) is 0 Å². The zero-order valence-electron chi connectivity index (χ0n) is 9.93. The topological polar surface area (TPSA) is 29.5 Å². The van der Waals surface area contributed by atoms with E-state index in [0.29, 0.717) is 12.1 Å². The van der Waals surface area contributed by atoms with Crippen LogP contribution in [0.4, 0.5) is 0 Å². The van der Waals surface area contributed by atoms with Gasteiger partial charge in [-0.2, -0.15) is 0 Å². The average molecular weight is 219 g/mol. The van der Waals surface area contributed by atoms with E-state index >= 15 is 0 Å². The fourth-order valence-electron chi connectivity index (χ4n) is 1.39. The summed E-state index contributed by atoms with van der Waals surface area (Å²) in [5, 5.41) is 0. The quantitative estimate of drug-likeness (QED) is 0.571. The summed E-state index contributed by atoms with van der Waals surface area (Å²) in [6.45, 7) is 0.571. The van der Waals surface area contributed by atoms with E-state index in [-0.39, 0.29) is 5.97 Å². The predicted octanol–water partition coefficient (Wildman–Crippen LogP) is 1.80. The van der Waals surface area contributed by atoms with Crippen molar-refractivity contribution in [2.75, 3.05) is 27.7 Å². The van der Waals surface area contributed by atoms with Crippen LogP contribution in [0, 0.1) is 0 Å². The first-order valence-corrected chi connectivity index (χ1v) is 5.12. The third-order valence-electron chi connectivity index (χ3n) is 2.07. The zero-order chi connectivity index (χ0) is 12.0. The molecule has 16 heavy (non-hydrogen) atoms. The number of carbonyl (C=O) groups excluding carboxylic acids is 1. The van der Waals surface area contributed by atoms with Crippen molar-refractivity contribution in [3.05, 3.63) is 41.5 Å². The molecular formula is C13H17NO2. The van der Waals surface area contributed by atoms with E-state index in [9.17, 15) is 4.79 Å². The van der Waals surface area contributed by atoms with E-state index < -0.39 is 0 Å². The Balaban J connectivity index is 2.92. The second-order valence-corrected chi connectivity index (χ2v) is 3.81. The zero-order valence-corrected chi connectivity index (χ0v) is 9.93. The molecule has 0 aromatic heterocycles. The molecule has 0 unspecified atom stereocenters. The van der Waals surface area contributed by atoms with E-state index in [1.54, 1.807) is 0 Å². The molecule has 1 aromatic carbocycles. The number of ether oxygens (including phenoxy) is 1. The third-order valence-corrected chi connectivity index (χ3v) is 2.07. The summed E-state index contributed by atoms with van der Waals surface area (Å²) in [7, 11) is 5.24. The van der Waals surface area contributed by atoms with Gasteiger partial charge in [-0.25, -0.2) is 4.79 Å². The Kier molecular flexibility index (Phi) is 4.73. The molecule has 0 aliphatic heterocycles. The molecule has 0 fully saturated rings. The molecule has 0 amide bonds. The summed E-state index contributed by atoms with van der Waals surface area (Å²) in [6, 6.07) is 9.74. The number of rotatable bonds is 4. The summed E-state index contributed by atoms with van der Waals surface area (Å²) in [4.78, 5) is 13.5. The lowest BCUT2D eigenvalue weighted by Crippen LogP contribution is -2.20. The smallest absolute Gasteiger partial charge is 0.335 e. The highest BCUT2D eigenvalue weighted by molar-refractivity contribution is 5.94. The van der Waals surface area contributed by atoms with Crippen LogP contribution < -0.4 is 0 Å². The normalized spacial score (nSPS) is 11.6. The van der Waals surface area contributed by atoms with Crippen molar-refractivity contribution in [2.45, 2.75) is 0 Å². The first kappa shape index (κ1) is 12.5. The third kappa shape index (κ3) is 3.87. The number of hydrogen-bond donors (Lipinski definition) is 0. The van der Waals surface area contributed by atoms with Crippen molar-refractivity contribution < 1.29 is 9.53 Å². The van der Waals surface area contributed by atoms with Crippen LogP contribution >= 0.6 is 0 Å². The van der Waals surface area contributed by atoms with Gasteiger partial charge in [0, 0.05) is 6.54 Å². The van der Waals surface area contributed by atoms with Gasteiger partial charge in [0.15, 0.2) is 0 Å². The van der Waals surface area contributed by atoms with Crippen LogP contribution in [0.1, 0.15) is 5.56 Å². The molecule has 0 saturated heterocycles. The summed E-state index contributed by atoms with van der Waals surface area (Å²) in [5.41, 5.74) is 1.66. The fraction of sp³-hybridized carbons (Fsp3) is 0.308. The van der Waals surface area contributed by atoms with E-state index in [0.717, 1.165) is 5.56 Å². The van der Waals surface area contributed by atoms with Crippen molar-refractivity contribution in [2.24, 2.45) is 0 Å². The Morgan fingerprint density at radius 1 is 1.31 bits per heavy atom. The molecule has 0 radical (unpaired) electrons. The minimum Gasteiger partial charge on any atom is -0.466 e. The van der Waals surface area contributed by atoms with Gasteiger partial charge in [-0.1, -0.05) is 30.3 Å². The van der Waals surface area contributed by atoms with Crippen LogP contribution in [0.2, 0.25) is 0 Å². The van der Waals surface area contributed by atoms with Crippen LogP contribution in [0.15, 0.2) is 35.9 Å². The molecule has 86 valence electrons. The molecule has 0 bridgehead atoms. The SMILES string of the molecule is COC(=O)/C(=C/c1ccccc1)CN(C)C. The van der Waals surface area contributed by atoms with Gasteiger partial charge in [0.1, 0.15) is 0 Å². The number of benzene rings is 1. The minimum absolute atomic E-state index is 0.280. The number of hydrogen-bond acceptors (Lipinski definition) is 3. The molecule has 0 heterocycles. The summed E-state index contributed by atoms with van der Waals surface area (Å²) >= 11 is 0. The maximum Gasteiger partial charge on any atom is 0.335 e. The lowest BCUT2D eigenvalue weighted by molar-refractivity contribution is -0.136. The van der Waals surface area contributed by atoms with Crippen molar-refractivity contribution >= 4 is 12.0 Å². The predicted molar refractivity (Wildman–Crippen MR) is 65.0 cm³/mol. The van der Waals surface area contributed by atoms with E-state index in [1.165, 1.54) is 7.11 Å². The minimum atomic E-state index is -0.280. The number of nitrogens with zero attached hydrogens (tertiary/aromatic N) is 1. The van der Waals surface area contributed by atoms with Gasteiger partial charge in [0.05, 0.1) is 12.7 Å². The molecule has 0 atom stereocenters. The highest BCUT2D eigenvalue weighted by Crippen LogP contribution is 2.08. The second-order valence-electron chi connectivity index (χ2n) is 3.81. The number of carbonyl (C=O) groups is 1. The van der Waals surface area contributed by atoms with Crippen LogP contribution in [0.3, 0.4) is 0 Å². The lowest BCUT2D eigenvalue weighted by atomic mass is 10.1. The lowest BCUT2D eigenvalue weighted by Gasteiger charge is -2.11. The highest BCUT2D eigenvalue weighted by Gasteiger charge is 2.10. The largest absolute Gasteiger partial charge is 0.466 e.